The Labute approximate surface area is 234 Å². The van der Waals surface area contributed by atoms with E-state index >= 15 is 0 Å². The number of alkyl halides is 5. The number of hydrogen-bond acceptors (Lipinski definition) is 5. The van der Waals surface area contributed by atoms with E-state index in [-0.39, 0.29) is 23.7 Å². The molecule has 212 valence electrons. The molecule has 1 aromatic rings. The van der Waals surface area contributed by atoms with Gasteiger partial charge in [0.2, 0.25) is 5.91 Å². The molecule has 4 aliphatic rings. The lowest BCUT2D eigenvalue weighted by Crippen LogP contribution is -2.48. The number of likely N-dealkylation sites (tertiary alicyclic amines) is 1. The van der Waals surface area contributed by atoms with Crippen LogP contribution in [0.1, 0.15) is 57.8 Å². The molecule has 1 fully saturated rings. The zero-order valence-corrected chi connectivity index (χ0v) is 22.8. The molecule has 0 bridgehead atoms. The minimum absolute atomic E-state index is 0.0266. The van der Waals surface area contributed by atoms with Crippen molar-refractivity contribution in [3.63, 3.8) is 0 Å². The summed E-state index contributed by atoms with van der Waals surface area (Å²) in [6.45, 7) is -0.395. The van der Waals surface area contributed by atoms with Crippen LogP contribution in [-0.2, 0) is 22.5 Å². The molecule has 5 rings (SSSR count). The molecule has 3 heterocycles. The number of rotatable bonds is 6. The first-order chi connectivity index (χ1) is 18.5. The molecule has 1 aromatic heterocycles. The molecule has 1 N–H and O–H groups in total. The Hall–Kier alpha value is -2.18. The first kappa shape index (κ1) is 28.4. The van der Waals surface area contributed by atoms with E-state index in [1.807, 2.05) is 0 Å². The van der Waals surface area contributed by atoms with Gasteiger partial charge in [-0.3, -0.25) is 9.59 Å². The zero-order chi connectivity index (χ0) is 28.1. The lowest BCUT2D eigenvalue weighted by Gasteiger charge is -2.33. The van der Waals surface area contributed by atoms with Crippen molar-refractivity contribution >= 4 is 52.1 Å². The largest absolute Gasteiger partial charge is 0.435 e. The van der Waals surface area contributed by atoms with Crippen molar-refractivity contribution in [3.8, 4) is 0 Å². The number of hydrogen-bond donors (Lipinski definition) is 1. The van der Waals surface area contributed by atoms with Crippen molar-refractivity contribution < 1.29 is 36.4 Å². The molecule has 2 aliphatic heterocycles. The van der Waals surface area contributed by atoms with E-state index in [1.54, 1.807) is 0 Å². The van der Waals surface area contributed by atoms with E-state index < -0.39 is 59.5 Å². The summed E-state index contributed by atoms with van der Waals surface area (Å²) in [6.07, 6.45) is -2.15. The van der Waals surface area contributed by atoms with Gasteiger partial charge in [0, 0.05) is 13.1 Å². The van der Waals surface area contributed by atoms with E-state index in [1.165, 1.54) is 4.90 Å². The molecule has 0 aromatic carbocycles. The smallest absolute Gasteiger partial charge is 0.374 e. The van der Waals surface area contributed by atoms with Crippen molar-refractivity contribution in [2.75, 3.05) is 19.8 Å². The summed E-state index contributed by atoms with van der Waals surface area (Å²) in [5.74, 6) is -1.77. The van der Waals surface area contributed by atoms with Gasteiger partial charge in [-0.15, -0.1) is 22.9 Å². The number of thiophene rings is 1. The molecular formula is C25H24Cl2F5N3O3S. The minimum atomic E-state index is -4.92. The quantitative estimate of drug-likeness (QED) is 0.331. The van der Waals surface area contributed by atoms with E-state index in [0.717, 1.165) is 41.4 Å². The summed E-state index contributed by atoms with van der Waals surface area (Å²) >= 11 is 12.8. The molecule has 3 atom stereocenters. The van der Waals surface area contributed by atoms with Gasteiger partial charge in [0.15, 0.2) is 0 Å². The van der Waals surface area contributed by atoms with Gasteiger partial charge in [0.05, 0.1) is 26.6 Å². The zero-order valence-electron chi connectivity index (χ0n) is 20.5. The van der Waals surface area contributed by atoms with E-state index in [4.69, 9.17) is 28.0 Å². The highest BCUT2D eigenvalue weighted by Crippen LogP contribution is 2.51. The maximum Gasteiger partial charge on any atom is 0.435 e. The van der Waals surface area contributed by atoms with Gasteiger partial charge in [-0.05, 0) is 61.3 Å². The molecule has 0 radical (unpaired) electrons. The van der Waals surface area contributed by atoms with Gasteiger partial charge < -0.3 is 15.1 Å². The third-order valence-electron chi connectivity index (χ3n) is 7.55. The molecule has 0 saturated carbocycles. The normalized spacial score (nSPS) is 27.4. The van der Waals surface area contributed by atoms with Crippen LogP contribution in [0, 0.1) is 0 Å². The van der Waals surface area contributed by atoms with Crippen LogP contribution >= 0.6 is 34.5 Å². The molecule has 1 saturated heterocycles. The topological polar surface area (TPSA) is 71.0 Å². The summed E-state index contributed by atoms with van der Waals surface area (Å²) in [7, 11) is 0. The maximum atomic E-state index is 14.5. The van der Waals surface area contributed by atoms with Crippen LogP contribution in [0.15, 0.2) is 27.7 Å². The summed E-state index contributed by atoms with van der Waals surface area (Å²) < 4.78 is 70.3. The first-order valence-electron chi connectivity index (χ1n) is 12.5. The lowest BCUT2D eigenvalue weighted by atomic mass is 9.82. The molecule has 2 amide bonds. The second-order valence-corrected chi connectivity index (χ2v) is 11.9. The fourth-order valence-corrected chi connectivity index (χ4v) is 7.41. The number of allylic oxidation sites excluding steroid dienone is 3. The van der Waals surface area contributed by atoms with Crippen LogP contribution in [0.2, 0.25) is 0 Å². The third kappa shape index (κ3) is 4.97. The standard InChI is InChI=1S/C25H24Cl2F5N3O3S/c26-15-9-12(10-16(27)19(15)29)24(25(30,31)32)11-18(34-38-24)20-13-3-1-2-4-14(13)21(39-20)22(36)33-17-5-7-35(8-6-28)23(17)37/h9,16-17H,1-8,10-11H2,(H,33,36). The Balaban J connectivity index is 1.44. The predicted octanol–water partition coefficient (Wildman–Crippen LogP) is 5.71. The fourth-order valence-electron chi connectivity index (χ4n) is 5.52. The Morgan fingerprint density at radius 1 is 1.28 bits per heavy atom. The Kier molecular flexibility index (Phi) is 7.75. The van der Waals surface area contributed by atoms with Gasteiger partial charge in [-0.25, -0.2) is 8.78 Å². The minimum Gasteiger partial charge on any atom is -0.374 e. The second kappa shape index (κ2) is 10.7. The van der Waals surface area contributed by atoms with Crippen molar-refractivity contribution in [3.05, 3.63) is 43.4 Å². The Morgan fingerprint density at radius 3 is 2.67 bits per heavy atom. The number of oxime groups is 1. The third-order valence-corrected chi connectivity index (χ3v) is 9.51. The number of carbonyl (C=O) groups is 2. The summed E-state index contributed by atoms with van der Waals surface area (Å²) in [6, 6.07) is -0.793. The average Bonchev–Trinajstić information content (AvgIpc) is 3.59. The van der Waals surface area contributed by atoms with Crippen LogP contribution in [0.3, 0.4) is 0 Å². The number of carbonyl (C=O) groups excluding carboxylic acids is 2. The lowest BCUT2D eigenvalue weighted by molar-refractivity contribution is -0.254. The predicted molar refractivity (Wildman–Crippen MR) is 137 cm³/mol. The summed E-state index contributed by atoms with van der Waals surface area (Å²) in [5.41, 5.74) is -1.71. The monoisotopic (exact) mass is 611 g/mol. The number of halogens is 7. The highest BCUT2D eigenvalue weighted by atomic mass is 35.5. The molecule has 39 heavy (non-hydrogen) atoms. The van der Waals surface area contributed by atoms with Gasteiger partial charge in [0.25, 0.3) is 11.5 Å². The molecule has 0 spiro atoms. The summed E-state index contributed by atoms with van der Waals surface area (Å²) in [4.78, 5) is 33.0. The van der Waals surface area contributed by atoms with E-state index in [0.29, 0.717) is 35.6 Å². The average molecular weight is 612 g/mol. The number of fused-ring (bicyclic) bond motifs is 1. The molecule has 2 aliphatic carbocycles. The molecule has 3 unspecified atom stereocenters. The van der Waals surface area contributed by atoms with Gasteiger partial charge in [0.1, 0.15) is 24.3 Å². The maximum absolute atomic E-state index is 14.5. The molecule has 14 heteroatoms. The van der Waals surface area contributed by atoms with Crippen LogP contribution in [0.4, 0.5) is 22.0 Å². The first-order valence-corrected chi connectivity index (χ1v) is 14.1. The van der Waals surface area contributed by atoms with Gasteiger partial charge in [-0.1, -0.05) is 16.8 Å². The van der Waals surface area contributed by atoms with Crippen molar-refractivity contribution in [2.24, 2.45) is 5.16 Å². The highest BCUT2D eigenvalue weighted by molar-refractivity contribution is 7.16. The van der Waals surface area contributed by atoms with Crippen LogP contribution in [-0.4, -0.2) is 65.4 Å². The highest BCUT2D eigenvalue weighted by Gasteiger charge is 2.64. The van der Waals surface area contributed by atoms with Crippen molar-refractivity contribution in [2.45, 2.75) is 68.1 Å². The fraction of sp³-hybridized carbons (Fsp3) is 0.560. The Morgan fingerprint density at radius 2 is 2.00 bits per heavy atom. The van der Waals surface area contributed by atoms with E-state index in [2.05, 4.69) is 10.5 Å². The van der Waals surface area contributed by atoms with Crippen LogP contribution in [0.5, 0.6) is 0 Å². The van der Waals surface area contributed by atoms with Crippen molar-refractivity contribution in [1.82, 2.24) is 10.2 Å². The summed E-state index contributed by atoms with van der Waals surface area (Å²) in [5, 5.41) is 4.68. The van der Waals surface area contributed by atoms with Gasteiger partial charge >= 0.3 is 6.18 Å². The van der Waals surface area contributed by atoms with Crippen molar-refractivity contribution in [1.29, 1.82) is 0 Å². The Bertz CT molecular complexity index is 1290. The molecular weight excluding hydrogens is 588 g/mol. The molecule has 6 nitrogen and oxygen atoms in total. The number of nitrogens with zero attached hydrogens (tertiary/aromatic N) is 2. The van der Waals surface area contributed by atoms with Crippen LogP contribution < -0.4 is 5.32 Å². The van der Waals surface area contributed by atoms with E-state index in [9.17, 15) is 31.5 Å². The SMILES string of the molecule is O=C(NC1CCN(CCF)C1=O)c1sc(C2=NOC(C3=CC(Cl)=C(F)C(Cl)C3)(C(F)(F)F)C2)c2c1CCCC2. The van der Waals surface area contributed by atoms with Gasteiger partial charge in [-0.2, -0.15) is 13.2 Å². The number of nitrogens with one attached hydrogen (secondary N) is 1. The van der Waals surface area contributed by atoms with Crippen LogP contribution in [0.25, 0.3) is 0 Å². The number of amides is 2. The second-order valence-electron chi connectivity index (χ2n) is 9.92.